The minimum Gasteiger partial charge on any atom is -0.466 e. The van der Waals surface area contributed by atoms with Gasteiger partial charge in [0.25, 0.3) is 0 Å². The van der Waals surface area contributed by atoms with E-state index in [2.05, 4.69) is 10.3 Å². The highest BCUT2D eigenvalue weighted by Crippen LogP contribution is 2.28. The summed E-state index contributed by atoms with van der Waals surface area (Å²) in [6.45, 7) is 7.63. The van der Waals surface area contributed by atoms with E-state index in [1.54, 1.807) is 32.1 Å². The molecular weight excluding hydrogens is 372 g/mol. The molecule has 5 nitrogen and oxygen atoms in total. The number of ether oxygens (including phenoxy) is 1. The van der Waals surface area contributed by atoms with Gasteiger partial charge in [0.2, 0.25) is 5.91 Å². The van der Waals surface area contributed by atoms with Gasteiger partial charge in [-0.1, -0.05) is 23.7 Å². The first-order valence-corrected chi connectivity index (χ1v) is 9.58. The number of thiazole rings is 1. The zero-order chi connectivity index (χ0) is 19.3. The molecule has 1 N–H and O–H groups in total. The molecule has 26 heavy (non-hydrogen) atoms. The van der Waals surface area contributed by atoms with E-state index < -0.39 is 5.54 Å². The smallest absolute Gasteiger partial charge is 0.308 e. The lowest BCUT2D eigenvalue weighted by atomic mass is 10.0. The number of nitrogens with zero attached hydrogens (tertiary/aromatic N) is 1. The average Bonchev–Trinajstić information content (AvgIpc) is 2.87. The van der Waals surface area contributed by atoms with Crippen LogP contribution in [0.3, 0.4) is 0 Å². The third-order valence-electron chi connectivity index (χ3n) is 3.68. The summed E-state index contributed by atoms with van der Waals surface area (Å²) in [6.07, 6.45) is 0.292. The summed E-state index contributed by atoms with van der Waals surface area (Å²) in [5.41, 5.74) is 1.04. The van der Waals surface area contributed by atoms with Gasteiger partial charge in [-0.2, -0.15) is 0 Å². The minimum absolute atomic E-state index is 0.124. The standard InChI is InChI=1S/C19H23ClN2O3S/c1-5-25-17(24)11-19(3,4)22-16(23)10-15-12(2)26-18(21-15)13-6-8-14(20)9-7-13/h6-9H,5,10-11H2,1-4H3,(H,22,23). The number of carbonyl (C=O) groups is 2. The van der Waals surface area contributed by atoms with Gasteiger partial charge in [-0.3, -0.25) is 9.59 Å². The number of carbonyl (C=O) groups excluding carboxylic acids is 2. The second kappa shape index (κ2) is 8.64. The van der Waals surface area contributed by atoms with E-state index in [9.17, 15) is 9.59 Å². The molecule has 0 fully saturated rings. The Bertz CT molecular complexity index is 785. The number of benzene rings is 1. The lowest BCUT2D eigenvalue weighted by Crippen LogP contribution is -2.45. The van der Waals surface area contributed by atoms with Gasteiger partial charge in [0.1, 0.15) is 5.01 Å². The van der Waals surface area contributed by atoms with Crippen molar-refractivity contribution in [3.05, 3.63) is 39.9 Å². The highest BCUT2D eigenvalue weighted by atomic mass is 35.5. The summed E-state index contributed by atoms with van der Waals surface area (Å²) in [5.74, 6) is -0.497. The highest BCUT2D eigenvalue weighted by Gasteiger charge is 2.25. The molecule has 0 radical (unpaired) electrons. The number of nitrogens with one attached hydrogen (secondary N) is 1. The monoisotopic (exact) mass is 394 g/mol. The number of halogens is 1. The topological polar surface area (TPSA) is 68.3 Å². The predicted molar refractivity (Wildman–Crippen MR) is 104 cm³/mol. The van der Waals surface area contributed by atoms with Crippen LogP contribution in [0.25, 0.3) is 10.6 Å². The van der Waals surface area contributed by atoms with Crippen LogP contribution in [0.4, 0.5) is 0 Å². The number of aromatic nitrogens is 1. The fourth-order valence-corrected chi connectivity index (χ4v) is 3.56. The van der Waals surface area contributed by atoms with Gasteiger partial charge >= 0.3 is 5.97 Å². The second-order valence-corrected chi connectivity index (χ2v) is 8.26. The van der Waals surface area contributed by atoms with E-state index in [-0.39, 0.29) is 24.7 Å². The van der Waals surface area contributed by atoms with E-state index >= 15 is 0 Å². The summed E-state index contributed by atoms with van der Waals surface area (Å²) in [6, 6.07) is 7.45. The molecule has 0 spiro atoms. The number of rotatable bonds is 7. The molecule has 1 amide bonds. The number of hydrogen-bond acceptors (Lipinski definition) is 5. The second-order valence-electron chi connectivity index (χ2n) is 6.62. The van der Waals surface area contributed by atoms with Gasteiger partial charge in [-0.25, -0.2) is 4.98 Å². The lowest BCUT2D eigenvalue weighted by Gasteiger charge is -2.25. The van der Waals surface area contributed by atoms with Crippen molar-refractivity contribution in [2.75, 3.05) is 6.61 Å². The van der Waals surface area contributed by atoms with Crippen LogP contribution in [0.5, 0.6) is 0 Å². The van der Waals surface area contributed by atoms with Crippen molar-refractivity contribution in [3.8, 4) is 10.6 Å². The van der Waals surface area contributed by atoms with Crippen molar-refractivity contribution in [3.63, 3.8) is 0 Å². The number of aryl methyl sites for hydroxylation is 1. The molecule has 140 valence electrons. The fraction of sp³-hybridized carbons (Fsp3) is 0.421. The van der Waals surface area contributed by atoms with Crippen LogP contribution in [0.1, 0.15) is 37.8 Å². The SMILES string of the molecule is CCOC(=O)CC(C)(C)NC(=O)Cc1nc(-c2ccc(Cl)cc2)sc1C. The van der Waals surface area contributed by atoms with Gasteiger partial charge in [-0.05, 0) is 39.8 Å². The maximum atomic E-state index is 12.4. The fourth-order valence-electron chi connectivity index (χ4n) is 2.50. The van der Waals surface area contributed by atoms with Crippen LogP contribution < -0.4 is 5.32 Å². The molecule has 0 aliphatic carbocycles. The average molecular weight is 395 g/mol. The van der Waals surface area contributed by atoms with Gasteiger partial charge in [-0.15, -0.1) is 11.3 Å². The van der Waals surface area contributed by atoms with E-state index in [1.165, 1.54) is 0 Å². The normalized spacial score (nSPS) is 11.3. The maximum Gasteiger partial charge on any atom is 0.308 e. The van der Waals surface area contributed by atoms with Gasteiger partial charge in [0, 0.05) is 21.0 Å². The van der Waals surface area contributed by atoms with Crippen molar-refractivity contribution in [2.24, 2.45) is 0 Å². The molecule has 2 aromatic rings. The molecule has 1 aromatic heterocycles. The quantitative estimate of drug-likeness (QED) is 0.716. The van der Waals surface area contributed by atoms with Crippen LogP contribution in [0.2, 0.25) is 5.02 Å². The van der Waals surface area contributed by atoms with Crippen LogP contribution in [-0.4, -0.2) is 29.0 Å². The lowest BCUT2D eigenvalue weighted by molar-refractivity contribution is -0.144. The van der Waals surface area contributed by atoms with Crippen molar-refractivity contribution in [1.29, 1.82) is 0 Å². The molecule has 1 aromatic carbocycles. The molecule has 0 aliphatic heterocycles. The van der Waals surface area contributed by atoms with Gasteiger partial charge in [0.05, 0.1) is 25.1 Å². The Morgan fingerprint density at radius 2 is 1.92 bits per heavy atom. The first kappa shape index (κ1) is 20.4. The summed E-state index contributed by atoms with van der Waals surface area (Å²) >= 11 is 7.46. The number of amides is 1. The molecular formula is C19H23ClN2O3S. The zero-order valence-corrected chi connectivity index (χ0v) is 17.0. The van der Waals surface area contributed by atoms with E-state index in [4.69, 9.17) is 16.3 Å². The Balaban J connectivity index is 2.03. The van der Waals surface area contributed by atoms with Crippen LogP contribution in [0, 0.1) is 6.92 Å². The highest BCUT2D eigenvalue weighted by molar-refractivity contribution is 7.15. The molecule has 0 atom stereocenters. The molecule has 0 aliphatic rings. The molecule has 0 bridgehead atoms. The molecule has 1 heterocycles. The summed E-state index contributed by atoms with van der Waals surface area (Å²) in [4.78, 5) is 29.6. The van der Waals surface area contributed by atoms with Crippen LogP contribution in [-0.2, 0) is 20.7 Å². The molecule has 7 heteroatoms. The number of esters is 1. The summed E-state index contributed by atoms with van der Waals surface area (Å²) in [5, 5.41) is 4.41. The van der Waals surface area contributed by atoms with Crippen molar-refractivity contribution in [1.82, 2.24) is 10.3 Å². The Labute approximate surface area is 162 Å². The van der Waals surface area contributed by atoms with Gasteiger partial charge < -0.3 is 10.1 Å². The van der Waals surface area contributed by atoms with Crippen LogP contribution in [0.15, 0.2) is 24.3 Å². The third kappa shape index (κ3) is 5.81. The Morgan fingerprint density at radius 1 is 1.27 bits per heavy atom. The molecule has 0 saturated carbocycles. The Morgan fingerprint density at radius 3 is 2.54 bits per heavy atom. The maximum absolute atomic E-state index is 12.4. The van der Waals surface area contributed by atoms with Crippen molar-refractivity contribution >= 4 is 34.8 Å². The number of hydrogen-bond donors (Lipinski definition) is 1. The van der Waals surface area contributed by atoms with E-state index in [0.717, 1.165) is 21.1 Å². The first-order valence-electron chi connectivity index (χ1n) is 8.39. The largest absolute Gasteiger partial charge is 0.466 e. The van der Waals surface area contributed by atoms with Gasteiger partial charge in [0.15, 0.2) is 0 Å². The molecule has 0 saturated heterocycles. The molecule has 2 rings (SSSR count). The van der Waals surface area contributed by atoms with E-state index in [0.29, 0.717) is 11.6 Å². The Hall–Kier alpha value is -1.92. The van der Waals surface area contributed by atoms with Crippen LogP contribution >= 0.6 is 22.9 Å². The zero-order valence-electron chi connectivity index (χ0n) is 15.4. The van der Waals surface area contributed by atoms with Crippen molar-refractivity contribution < 1.29 is 14.3 Å². The first-order chi connectivity index (χ1) is 12.2. The summed E-state index contributed by atoms with van der Waals surface area (Å²) < 4.78 is 4.95. The third-order valence-corrected chi connectivity index (χ3v) is 5.00. The minimum atomic E-state index is -0.674. The molecule has 0 unspecified atom stereocenters. The van der Waals surface area contributed by atoms with Crippen molar-refractivity contribution in [2.45, 2.75) is 46.1 Å². The van der Waals surface area contributed by atoms with E-state index in [1.807, 2.05) is 31.2 Å². The predicted octanol–water partition coefficient (Wildman–Crippen LogP) is 4.16. The Kier molecular flexibility index (Phi) is 6.78. The summed E-state index contributed by atoms with van der Waals surface area (Å²) in [7, 11) is 0.